The monoisotopic (exact) mass is 380 g/mol. The predicted molar refractivity (Wildman–Crippen MR) is 98.5 cm³/mol. The van der Waals surface area contributed by atoms with Crippen molar-refractivity contribution in [1.29, 1.82) is 0 Å². The molecule has 0 heterocycles. The number of nitrogens with one attached hydrogen (secondary N) is 2. The van der Waals surface area contributed by atoms with E-state index >= 15 is 0 Å². The Hall–Kier alpha value is -2.19. The number of esters is 1. The van der Waals surface area contributed by atoms with E-state index in [0.29, 0.717) is 0 Å². The standard InChI is InChI=1S/C18H24N2O5S/c1-14-6-8-15(9-7-14)10-11-26(23,24)19-12-18(22)25-13-17(21)20-16-4-2-3-5-16/h6-11,16,19H,2-5,12-13H2,1H3,(H,20,21)/b11-10+. The average Bonchev–Trinajstić information content (AvgIpc) is 3.11. The smallest absolute Gasteiger partial charge is 0.321 e. The molecule has 1 aromatic carbocycles. The molecule has 1 aliphatic carbocycles. The Balaban J connectivity index is 1.71. The molecule has 0 aliphatic heterocycles. The van der Waals surface area contributed by atoms with Crippen molar-refractivity contribution in [2.75, 3.05) is 13.2 Å². The first kappa shape index (κ1) is 20.1. The molecular formula is C18H24N2O5S. The zero-order chi connectivity index (χ0) is 19.0. The Labute approximate surface area is 153 Å². The minimum Gasteiger partial charge on any atom is -0.455 e. The van der Waals surface area contributed by atoms with E-state index in [2.05, 4.69) is 10.0 Å². The van der Waals surface area contributed by atoms with Crippen molar-refractivity contribution >= 4 is 28.0 Å². The van der Waals surface area contributed by atoms with E-state index in [1.165, 1.54) is 6.08 Å². The molecule has 0 spiro atoms. The molecule has 0 saturated heterocycles. The van der Waals surface area contributed by atoms with Crippen LogP contribution in [0.4, 0.5) is 0 Å². The molecule has 0 unspecified atom stereocenters. The Morgan fingerprint density at radius 1 is 1.19 bits per heavy atom. The van der Waals surface area contributed by atoms with Gasteiger partial charge in [-0.25, -0.2) is 13.1 Å². The SMILES string of the molecule is Cc1ccc(/C=C/S(=O)(=O)NCC(=O)OCC(=O)NC2CCCC2)cc1. The van der Waals surface area contributed by atoms with Gasteiger partial charge in [-0.1, -0.05) is 42.7 Å². The lowest BCUT2D eigenvalue weighted by Gasteiger charge is -2.11. The highest BCUT2D eigenvalue weighted by Crippen LogP contribution is 2.17. The summed E-state index contributed by atoms with van der Waals surface area (Å²) in [7, 11) is -3.77. The molecule has 1 amide bonds. The van der Waals surface area contributed by atoms with Gasteiger partial charge in [0.05, 0.1) is 0 Å². The van der Waals surface area contributed by atoms with Crippen LogP contribution in [-0.2, 0) is 24.3 Å². The summed E-state index contributed by atoms with van der Waals surface area (Å²) in [6, 6.07) is 7.46. The van der Waals surface area contributed by atoms with Crippen molar-refractivity contribution in [2.45, 2.75) is 38.6 Å². The maximum absolute atomic E-state index is 11.9. The highest BCUT2D eigenvalue weighted by molar-refractivity contribution is 7.92. The lowest BCUT2D eigenvalue weighted by atomic mass is 10.2. The lowest BCUT2D eigenvalue weighted by Crippen LogP contribution is -2.37. The fourth-order valence-corrected chi connectivity index (χ4v) is 3.34. The summed E-state index contributed by atoms with van der Waals surface area (Å²) in [5, 5.41) is 3.77. The molecule has 8 heteroatoms. The van der Waals surface area contributed by atoms with Crippen LogP contribution in [0, 0.1) is 6.92 Å². The van der Waals surface area contributed by atoms with Gasteiger partial charge in [0.2, 0.25) is 10.0 Å². The van der Waals surface area contributed by atoms with Crippen LogP contribution in [0.3, 0.4) is 0 Å². The van der Waals surface area contributed by atoms with Crippen LogP contribution in [0.2, 0.25) is 0 Å². The largest absolute Gasteiger partial charge is 0.455 e. The third kappa shape index (κ3) is 7.37. The van der Waals surface area contributed by atoms with E-state index in [0.717, 1.165) is 42.2 Å². The fraction of sp³-hybridized carbons (Fsp3) is 0.444. The lowest BCUT2D eigenvalue weighted by molar-refractivity contribution is -0.147. The Bertz CT molecular complexity index is 750. The molecule has 7 nitrogen and oxygen atoms in total. The van der Waals surface area contributed by atoms with E-state index < -0.39 is 29.1 Å². The third-order valence-electron chi connectivity index (χ3n) is 4.02. The van der Waals surface area contributed by atoms with Gasteiger partial charge in [0.1, 0.15) is 6.54 Å². The number of carbonyl (C=O) groups excluding carboxylic acids is 2. The van der Waals surface area contributed by atoms with Gasteiger partial charge in [-0.2, -0.15) is 0 Å². The van der Waals surface area contributed by atoms with Crippen LogP contribution in [0.25, 0.3) is 6.08 Å². The predicted octanol–water partition coefficient (Wildman–Crippen LogP) is 1.49. The van der Waals surface area contributed by atoms with Crippen LogP contribution < -0.4 is 10.0 Å². The number of ether oxygens (including phenoxy) is 1. The van der Waals surface area contributed by atoms with Crippen LogP contribution >= 0.6 is 0 Å². The van der Waals surface area contributed by atoms with Gasteiger partial charge in [-0.05, 0) is 31.4 Å². The second kappa shape index (κ2) is 9.49. The van der Waals surface area contributed by atoms with Gasteiger partial charge in [0, 0.05) is 11.4 Å². The van der Waals surface area contributed by atoms with Gasteiger partial charge >= 0.3 is 5.97 Å². The first-order valence-corrected chi connectivity index (χ1v) is 10.1. The number of aryl methyl sites for hydroxylation is 1. The van der Waals surface area contributed by atoms with Gasteiger partial charge in [0.15, 0.2) is 6.61 Å². The van der Waals surface area contributed by atoms with Gasteiger partial charge in [-0.3, -0.25) is 9.59 Å². The second-order valence-electron chi connectivity index (χ2n) is 6.29. The number of amides is 1. The molecule has 26 heavy (non-hydrogen) atoms. The van der Waals surface area contributed by atoms with Crippen LogP contribution in [0.1, 0.15) is 36.8 Å². The minimum atomic E-state index is -3.77. The molecular weight excluding hydrogens is 356 g/mol. The molecule has 2 N–H and O–H groups in total. The number of hydrogen-bond acceptors (Lipinski definition) is 5. The van der Waals surface area contributed by atoms with Crippen molar-refractivity contribution in [3.63, 3.8) is 0 Å². The Morgan fingerprint density at radius 3 is 2.50 bits per heavy atom. The number of benzene rings is 1. The maximum atomic E-state index is 11.9. The molecule has 0 atom stereocenters. The first-order valence-electron chi connectivity index (χ1n) is 8.53. The second-order valence-corrected chi connectivity index (χ2v) is 7.94. The summed E-state index contributed by atoms with van der Waals surface area (Å²) < 4.78 is 30.6. The highest BCUT2D eigenvalue weighted by Gasteiger charge is 2.18. The van der Waals surface area contributed by atoms with Gasteiger partial charge < -0.3 is 10.1 Å². The number of carbonyl (C=O) groups is 2. The van der Waals surface area contributed by atoms with Crippen LogP contribution in [0.15, 0.2) is 29.7 Å². The molecule has 0 bridgehead atoms. The van der Waals surface area contributed by atoms with E-state index in [4.69, 9.17) is 4.74 Å². The summed E-state index contributed by atoms with van der Waals surface area (Å²) in [6.45, 7) is 0.999. The molecule has 142 valence electrons. The third-order valence-corrected chi connectivity index (χ3v) is 5.06. The van der Waals surface area contributed by atoms with E-state index in [1.54, 1.807) is 12.1 Å². The zero-order valence-corrected chi connectivity index (χ0v) is 15.6. The molecule has 0 radical (unpaired) electrons. The van der Waals surface area contributed by atoms with E-state index in [1.807, 2.05) is 19.1 Å². The topological polar surface area (TPSA) is 102 Å². The molecule has 2 rings (SSSR count). The highest BCUT2D eigenvalue weighted by atomic mass is 32.2. The first-order chi connectivity index (χ1) is 12.3. The minimum absolute atomic E-state index is 0.145. The maximum Gasteiger partial charge on any atom is 0.321 e. The quantitative estimate of drug-likeness (QED) is 0.665. The van der Waals surface area contributed by atoms with Gasteiger partial charge in [0.25, 0.3) is 5.91 Å². The number of hydrogen-bond donors (Lipinski definition) is 2. The van der Waals surface area contributed by atoms with Crippen molar-refractivity contribution in [3.8, 4) is 0 Å². The molecule has 1 aromatic rings. The summed E-state index contributed by atoms with van der Waals surface area (Å²) in [5.41, 5.74) is 1.80. The Morgan fingerprint density at radius 2 is 1.85 bits per heavy atom. The van der Waals surface area contributed by atoms with Crippen LogP contribution in [-0.4, -0.2) is 39.5 Å². The zero-order valence-electron chi connectivity index (χ0n) is 14.7. The summed E-state index contributed by atoms with van der Waals surface area (Å²) >= 11 is 0. The van der Waals surface area contributed by atoms with E-state index in [9.17, 15) is 18.0 Å². The Kier molecular flexibility index (Phi) is 7.35. The molecule has 1 saturated carbocycles. The summed E-state index contributed by atoms with van der Waals surface area (Å²) in [4.78, 5) is 23.2. The fourth-order valence-electron chi connectivity index (χ4n) is 2.59. The summed E-state index contributed by atoms with van der Waals surface area (Å²) in [5.74, 6) is -1.17. The van der Waals surface area contributed by atoms with Gasteiger partial charge in [-0.15, -0.1) is 0 Å². The molecule has 1 fully saturated rings. The van der Waals surface area contributed by atoms with Crippen molar-refractivity contribution in [1.82, 2.24) is 10.0 Å². The number of sulfonamides is 1. The molecule has 1 aliphatic rings. The van der Waals surface area contributed by atoms with Crippen molar-refractivity contribution < 1.29 is 22.7 Å². The number of rotatable bonds is 8. The van der Waals surface area contributed by atoms with Crippen molar-refractivity contribution in [3.05, 3.63) is 40.8 Å². The molecule has 0 aromatic heterocycles. The summed E-state index contributed by atoms with van der Waals surface area (Å²) in [6.07, 6.45) is 5.48. The normalized spacial score (nSPS) is 15.3. The van der Waals surface area contributed by atoms with Crippen LogP contribution in [0.5, 0.6) is 0 Å². The van der Waals surface area contributed by atoms with Crippen molar-refractivity contribution in [2.24, 2.45) is 0 Å². The van der Waals surface area contributed by atoms with E-state index in [-0.39, 0.29) is 11.9 Å². The average molecular weight is 380 g/mol.